The van der Waals surface area contributed by atoms with E-state index < -0.39 is 120 Å². The maximum atomic E-state index is 14.1. The first kappa shape index (κ1) is 62.0. The largest absolute Gasteiger partial charge is 0.464 e. The SMILES string of the molecule is CC(=O)O[C@H]1C[C@@H](C)C=C2C=C[C@H](C)C(CC[C@@H]3C[C@@H](OC(=O)CCC(=O)OCCN(C)[C@H]4C[C@@H](C)O[C@@H](O[C@@H]5[C@@H](C)C(=O)[C@@H](C)C(=O)O[C@H](CO)[C@@](C)(O)[C@H](O)[C@@H](C)N(C)C[C@H](C)C[C@@]5(C)O)[C@@H]4O)CC(=O)O3)[C@H]21. The minimum Gasteiger partial charge on any atom is -0.464 e. The molecule has 0 radical (unpaired) electrons. The predicted octanol–water partition coefficient (Wildman–Crippen LogP) is 3.19. The topological polar surface area (TPSA) is 275 Å². The Morgan fingerprint density at radius 1 is 0.920 bits per heavy atom. The number of nitrogens with zero attached hydrogens (tertiary/aromatic N) is 2. The number of ether oxygens (including phenoxy) is 7. The molecule has 2 aliphatic carbocycles. The number of aliphatic hydroxyl groups excluding tert-OH is 3. The van der Waals surface area contributed by atoms with Crippen LogP contribution >= 0.6 is 0 Å². The lowest BCUT2D eigenvalue weighted by molar-refractivity contribution is -0.294. The van der Waals surface area contributed by atoms with Gasteiger partial charge in [-0.1, -0.05) is 45.9 Å². The summed E-state index contributed by atoms with van der Waals surface area (Å²) in [6.07, 6.45) is -0.403. The van der Waals surface area contributed by atoms with Crippen LogP contribution in [0.4, 0.5) is 0 Å². The number of ketones is 1. The number of carbonyl (C=O) groups is 6. The monoisotopic (exact) mass is 1060 g/mol. The van der Waals surface area contributed by atoms with Crippen LogP contribution in [-0.4, -0.2) is 190 Å². The quantitative estimate of drug-likeness (QED) is 0.0895. The third-order valence-electron chi connectivity index (χ3n) is 16.4. The van der Waals surface area contributed by atoms with Gasteiger partial charge in [0.25, 0.3) is 0 Å². The second-order valence-electron chi connectivity index (χ2n) is 23.1. The Kier molecular flexibility index (Phi) is 22.0. The molecule has 5 N–H and O–H groups in total. The van der Waals surface area contributed by atoms with Crippen LogP contribution in [0.5, 0.6) is 0 Å². The van der Waals surface area contributed by atoms with Crippen molar-refractivity contribution in [3.63, 3.8) is 0 Å². The number of esters is 5. The summed E-state index contributed by atoms with van der Waals surface area (Å²) in [6.45, 7) is 16.1. The maximum absolute atomic E-state index is 14.1. The minimum atomic E-state index is -2.10. The highest BCUT2D eigenvalue weighted by atomic mass is 16.7. The molecule has 20 nitrogen and oxygen atoms in total. The number of cyclic esters (lactones) is 2. The number of fused-ring (bicyclic) bond motifs is 1. The molecule has 0 aromatic carbocycles. The van der Waals surface area contributed by atoms with Crippen LogP contribution in [0.25, 0.3) is 0 Å². The fraction of sp³-hybridized carbons (Fsp3) is 0.818. The van der Waals surface area contributed by atoms with Gasteiger partial charge in [0, 0.05) is 50.4 Å². The van der Waals surface area contributed by atoms with Gasteiger partial charge in [-0.05, 0) is 110 Å². The third-order valence-corrected chi connectivity index (χ3v) is 16.4. The average molecular weight is 1070 g/mol. The summed E-state index contributed by atoms with van der Waals surface area (Å²) in [4.78, 5) is 81.7. The lowest BCUT2D eigenvalue weighted by atomic mass is 9.65. The van der Waals surface area contributed by atoms with Crippen LogP contribution in [0.3, 0.4) is 0 Å². The lowest BCUT2D eigenvalue weighted by Gasteiger charge is -2.46. The van der Waals surface area contributed by atoms with E-state index in [2.05, 4.69) is 32.1 Å². The Morgan fingerprint density at radius 2 is 1.60 bits per heavy atom. The van der Waals surface area contributed by atoms with Crippen LogP contribution in [0, 0.1) is 41.4 Å². The lowest BCUT2D eigenvalue weighted by Crippen LogP contribution is -2.60. The van der Waals surface area contributed by atoms with Gasteiger partial charge in [0.05, 0.1) is 43.7 Å². The first-order valence-corrected chi connectivity index (χ1v) is 27.0. The molecule has 426 valence electrons. The second kappa shape index (κ2) is 26.7. The van der Waals surface area contributed by atoms with E-state index in [-0.39, 0.29) is 80.5 Å². The first-order valence-electron chi connectivity index (χ1n) is 27.0. The van der Waals surface area contributed by atoms with Gasteiger partial charge in [0.1, 0.15) is 48.6 Å². The van der Waals surface area contributed by atoms with Gasteiger partial charge in [-0.25, -0.2) is 0 Å². The Morgan fingerprint density at radius 3 is 2.27 bits per heavy atom. The molecule has 1 unspecified atom stereocenters. The number of likely N-dealkylation sites (N-methyl/N-ethyl adjacent to an activating group) is 2. The molecule has 0 spiro atoms. The van der Waals surface area contributed by atoms with Crippen molar-refractivity contribution >= 4 is 35.6 Å². The van der Waals surface area contributed by atoms with E-state index in [0.717, 1.165) is 12.0 Å². The van der Waals surface area contributed by atoms with Crippen molar-refractivity contribution in [3.05, 3.63) is 23.8 Å². The van der Waals surface area contributed by atoms with E-state index >= 15 is 0 Å². The normalized spacial score (nSPS) is 40.5. The van der Waals surface area contributed by atoms with Gasteiger partial charge in [0.2, 0.25) is 0 Å². The number of carbonyl (C=O) groups excluding carboxylic acids is 6. The Bertz CT molecular complexity index is 2040. The summed E-state index contributed by atoms with van der Waals surface area (Å²) in [7, 11) is 3.44. The fourth-order valence-electron chi connectivity index (χ4n) is 12.1. The van der Waals surface area contributed by atoms with Gasteiger partial charge in [-0.15, -0.1) is 0 Å². The number of hydrogen-bond donors (Lipinski definition) is 5. The molecule has 5 aliphatic rings. The number of rotatable bonds is 15. The van der Waals surface area contributed by atoms with Gasteiger partial charge in [-0.2, -0.15) is 0 Å². The van der Waals surface area contributed by atoms with E-state index in [1.54, 1.807) is 37.7 Å². The summed E-state index contributed by atoms with van der Waals surface area (Å²) >= 11 is 0. The summed E-state index contributed by atoms with van der Waals surface area (Å²) in [6, 6.07) is -1.32. The van der Waals surface area contributed by atoms with Crippen LogP contribution in [0.15, 0.2) is 23.8 Å². The van der Waals surface area contributed by atoms with Crippen molar-refractivity contribution in [2.24, 2.45) is 41.4 Å². The molecule has 3 saturated heterocycles. The zero-order valence-corrected chi connectivity index (χ0v) is 46.3. The predicted molar refractivity (Wildman–Crippen MR) is 271 cm³/mol. The summed E-state index contributed by atoms with van der Waals surface area (Å²) in [5.74, 6) is -6.09. The van der Waals surface area contributed by atoms with Crippen LogP contribution in [-0.2, 0) is 61.9 Å². The van der Waals surface area contributed by atoms with Crippen LogP contribution < -0.4 is 0 Å². The fourth-order valence-corrected chi connectivity index (χ4v) is 12.1. The standard InChI is InChI=1S/C55H88N2O18/c1-29-21-37-14-13-31(3)40(47(37)42(22-29)71-36(8)59)16-15-38-24-39(25-46(62)72-38)73-45(61)18-17-44(60)69-20-19-56(11)41-23-32(4)70-53(49(41)64)75-51-33(5)48(63)34(6)52(66)74-43(28-58)55(10,68)50(65)35(7)57(12)27-30(2)26-54(51,9)67/h13-14,21,29-35,38-43,47,49-51,53,58,64-65,67-68H,15-20,22-28H2,1-12H3/t29-,30+,31-,32+,33-,34+,35+,38+,39+,40?,41-,42-,43+,47-,49+,50+,51+,53-,54+,55+/m0/s1. The minimum absolute atomic E-state index is 0.0312. The molecule has 0 amide bonds. The second-order valence-corrected chi connectivity index (χ2v) is 23.1. The van der Waals surface area contributed by atoms with Crippen LogP contribution in [0.1, 0.15) is 127 Å². The molecule has 0 aromatic rings. The molecule has 3 heterocycles. The molecular formula is C55H88N2O18. The smallest absolute Gasteiger partial charge is 0.316 e. The number of allylic oxidation sites excluding steroid dienone is 3. The molecule has 20 heteroatoms. The zero-order chi connectivity index (χ0) is 55.9. The van der Waals surface area contributed by atoms with E-state index in [9.17, 15) is 54.3 Å². The van der Waals surface area contributed by atoms with E-state index in [1.807, 2.05) is 6.92 Å². The maximum Gasteiger partial charge on any atom is 0.316 e. The zero-order valence-electron chi connectivity index (χ0n) is 46.3. The molecule has 3 fully saturated rings. The highest BCUT2D eigenvalue weighted by Crippen LogP contribution is 2.45. The molecule has 0 aromatic heterocycles. The van der Waals surface area contributed by atoms with Gasteiger partial charge < -0.3 is 63.6 Å². The Hall–Kier alpha value is -3.86. The van der Waals surface area contributed by atoms with E-state index in [0.29, 0.717) is 32.2 Å². The van der Waals surface area contributed by atoms with Crippen molar-refractivity contribution in [2.45, 2.75) is 205 Å². The summed E-state index contributed by atoms with van der Waals surface area (Å²) in [5.41, 5.74) is -2.70. The molecular weight excluding hydrogens is 977 g/mol. The van der Waals surface area contributed by atoms with Crippen molar-refractivity contribution in [3.8, 4) is 0 Å². The molecule has 0 saturated carbocycles. The molecule has 0 bridgehead atoms. The van der Waals surface area contributed by atoms with E-state index in [4.69, 9.17) is 33.2 Å². The van der Waals surface area contributed by atoms with Gasteiger partial charge >= 0.3 is 29.8 Å². The summed E-state index contributed by atoms with van der Waals surface area (Å²) in [5, 5.41) is 56.8. The number of aliphatic hydroxyl groups is 5. The van der Waals surface area contributed by atoms with Crippen molar-refractivity contribution < 1.29 is 87.5 Å². The van der Waals surface area contributed by atoms with Crippen molar-refractivity contribution in [1.82, 2.24) is 9.80 Å². The Balaban J connectivity index is 1.14. The number of hydrogen-bond acceptors (Lipinski definition) is 20. The first-order chi connectivity index (χ1) is 35.0. The molecule has 5 rings (SSSR count). The summed E-state index contributed by atoms with van der Waals surface area (Å²) < 4.78 is 40.7. The van der Waals surface area contributed by atoms with E-state index in [1.165, 1.54) is 34.6 Å². The molecule has 75 heavy (non-hydrogen) atoms. The highest BCUT2D eigenvalue weighted by Gasteiger charge is 2.51. The van der Waals surface area contributed by atoms with Gasteiger partial charge in [-0.3, -0.25) is 33.7 Å². The Labute approximate surface area is 442 Å². The van der Waals surface area contributed by atoms with Crippen molar-refractivity contribution in [2.75, 3.05) is 40.4 Å². The molecule has 3 aliphatic heterocycles. The average Bonchev–Trinajstić information content (AvgIpc) is 3.32. The number of Topliss-reactive ketones (excluding diaryl/α,β-unsaturated/α-hetero) is 1. The third kappa shape index (κ3) is 16.1. The highest BCUT2D eigenvalue weighted by molar-refractivity contribution is 6.00. The van der Waals surface area contributed by atoms with Crippen molar-refractivity contribution in [1.29, 1.82) is 0 Å². The molecule has 20 atom stereocenters. The van der Waals surface area contributed by atoms with Crippen LogP contribution in [0.2, 0.25) is 0 Å². The van der Waals surface area contributed by atoms with Gasteiger partial charge in [0.15, 0.2) is 18.2 Å².